The highest BCUT2D eigenvalue weighted by Crippen LogP contribution is 2.28. The van der Waals surface area contributed by atoms with Crippen molar-refractivity contribution in [1.29, 1.82) is 0 Å². The Morgan fingerprint density at radius 3 is 3.15 bits per heavy atom. The second-order valence-corrected chi connectivity index (χ2v) is 5.86. The number of aromatic nitrogens is 4. The van der Waals surface area contributed by atoms with Crippen molar-refractivity contribution < 1.29 is 0 Å². The molecule has 2 fully saturated rings. The lowest BCUT2D eigenvalue weighted by Crippen LogP contribution is -2.44. The Hall–Kier alpha value is -1.69. The van der Waals surface area contributed by atoms with Gasteiger partial charge in [-0.05, 0) is 38.1 Å². The molecule has 20 heavy (non-hydrogen) atoms. The predicted molar refractivity (Wildman–Crippen MR) is 76.7 cm³/mol. The second kappa shape index (κ2) is 5.01. The summed E-state index contributed by atoms with van der Waals surface area (Å²) in [5, 5.41) is 11.8. The lowest BCUT2D eigenvalue weighted by molar-refractivity contribution is 0.328. The minimum atomic E-state index is 0.690. The number of hydrogen-bond acceptors (Lipinski definition) is 5. The van der Waals surface area contributed by atoms with Crippen molar-refractivity contribution >= 4 is 11.5 Å². The van der Waals surface area contributed by atoms with E-state index in [1.165, 1.54) is 32.2 Å². The summed E-state index contributed by atoms with van der Waals surface area (Å²) in [5.41, 5.74) is 0.868. The molecule has 1 N–H and O–H groups in total. The second-order valence-electron chi connectivity index (χ2n) is 5.86. The molecule has 0 saturated carbocycles. The Morgan fingerprint density at radius 1 is 1.25 bits per heavy atom. The molecule has 6 nitrogen and oxygen atoms in total. The molecule has 106 valence electrons. The van der Waals surface area contributed by atoms with Crippen molar-refractivity contribution in [2.45, 2.75) is 31.7 Å². The van der Waals surface area contributed by atoms with E-state index < -0.39 is 0 Å². The summed E-state index contributed by atoms with van der Waals surface area (Å²) in [7, 11) is 0. The number of nitrogens with zero attached hydrogens (tertiary/aromatic N) is 5. The van der Waals surface area contributed by atoms with Crippen molar-refractivity contribution in [3.8, 4) is 0 Å². The van der Waals surface area contributed by atoms with Gasteiger partial charge >= 0.3 is 0 Å². The van der Waals surface area contributed by atoms with E-state index in [9.17, 15) is 0 Å². The van der Waals surface area contributed by atoms with Gasteiger partial charge in [-0.1, -0.05) is 0 Å². The van der Waals surface area contributed by atoms with Gasteiger partial charge in [0.05, 0.1) is 0 Å². The minimum absolute atomic E-state index is 0.690. The van der Waals surface area contributed by atoms with E-state index in [1.807, 2.05) is 16.8 Å². The highest BCUT2D eigenvalue weighted by atomic mass is 15.3. The summed E-state index contributed by atoms with van der Waals surface area (Å²) in [4.78, 5) is 6.93. The first-order valence-electron chi connectivity index (χ1n) is 7.54. The predicted octanol–water partition coefficient (Wildman–Crippen LogP) is 1.09. The molecule has 2 saturated heterocycles. The number of hydrogen-bond donors (Lipinski definition) is 1. The SMILES string of the molecule is c1cn2cnnc2c(N2CCCC(C3CCCN3)C2)n1. The topological polar surface area (TPSA) is 58.4 Å². The first-order chi connectivity index (χ1) is 9.92. The van der Waals surface area contributed by atoms with Crippen molar-refractivity contribution in [2.24, 2.45) is 5.92 Å². The summed E-state index contributed by atoms with van der Waals surface area (Å²) in [5.74, 6) is 1.71. The number of anilines is 1. The van der Waals surface area contributed by atoms with Crippen LogP contribution in [0.5, 0.6) is 0 Å². The van der Waals surface area contributed by atoms with Crippen molar-refractivity contribution in [1.82, 2.24) is 24.9 Å². The van der Waals surface area contributed by atoms with Gasteiger partial charge in [-0.25, -0.2) is 4.98 Å². The molecule has 2 aliphatic heterocycles. The lowest BCUT2D eigenvalue weighted by atomic mass is 9.90. The molecule has 4 rings (SSSR count). The van der Waals surface area contributed by atoms with Crippen LogP contribution in [-0.2, 0) is 0 Å². The fourth-order valence-electron chi connectivity index (χ4n) is 3.61. The van der Waals surface area contributed by atoms with Gasteiger partial charge in [0.15, 0.2) is 5.82 Å². The normalized spacial score (nSPS) is 27.3. The van der Waals surface area contributed by atoms with Gasteiger partial charge in [0, 0.05) is 31.5 Å². The molecule has 2 aromatic heterocycles. The van der Waals surface area contributed by atoms with Crippen LogP contribution in [0.1, 0.15) is 25.7 Å². The molecule has 2 atom stereocenters. The van der Waals surface area contributed by atoms with Crippen LogP contribution < -0.4 is 10.2 Å². The van der Waals surface area contributed by atoms with Gasteiger partial charge < -0.3 is 10.2 Å². The molecule has 6 heteroatoms. The smallest absolute Gasteiger partial charge is 0.203 e. The van der Waals surface area contributed by atoms with Crippen molar-refractivity contribution in [3.63, 3.8) is 0 Å². The Labute approximate surface area is 118 Å². The molecular weight excluding hydrogens is 252 g/mol. The van der Waals surface area contributed by atoms with E-state index >= 15 is 0 Å². The third-order valence-electron chi connectivity index (χ3n) is 4.62. The van der Waals surface area contributed by atoms with E-state index in [0.29, 0.717) is 6.04 Å². The quantitative estimate of drug-likeness (QED) is 0.887. The standard InChI is InChI=1S/C14H20N6/c1-4-12(15-5-1)11-3-2-7-19(9-11)13-14-18-17-10-20(14)8-6-16-13/h6,8,10-12,15H,1-5,7,9H2. The zero-order chi connectivity index (χ0) is 13.4. The number of nitrogens with one attached hydrogen (secondary N) is 1. The molecule has 0 spiro atoms. The minimum Gasteiger partial charge on any atom is -0.353 e. The van der Waals surface area contributed by atoms with Crippen LogP contribution in [0.2, 0.25) is 0 Å². The maximum atomic E-state index is 4.55. The molecule has 0 radical (unpaired) electrons. The Bertz CT molecular complexity index is 588. The van der Waals surface area contributed by atoms with E-state index in [4.69, 9.17) is 0 Å². The van der Waals surface area contributed by atoms with Crippen LogP contribution in [-0.4, -0.2) is 45.3 Å². The van der Waals surface area contributed by atoms with Gasteiger partial charge in [0.2, 0.25) is 5.65 Å². The molecule has 2 aliphatic rings. The average Bonchev–Trinajstić information content (AvgIpc) is 3.18. The molecule has 4 heterocycles. The summed E-state index contributed by atoms with van der Waals surface area (Å²) < 4.78 is 1.94. The molecule has 2 unspecified atom stereocenters. The maximum Gasteiger partial charge on any atom is 0.203 e. The van der Waals surface area contributed by atoms with E-state index in [-0.39, 0.29) is 0 Å². The molecular formula is C14H20N6. The van der Waals surface area contributed by atoms with Crippen LogP contribution in [0.3, 0.4) is 0 Å². The number of piperidine rings is 1. The molecule has 0 amide bonds. The van der Waals surface area contributed by atoms with Gasteiger partial charge in [-0.3, -0.25) is 4.40 Å². The third-order valence-corrected chi connectivity index (χ3v) is 4.62. The van der Waals surface area contributed by atoms with E-state index in [1.54, 1.807) is 6.33 Å². The van der Waals surface area contributed by atoms with Crippen molar-refractivity contribution in [2.75, 3.05) is 24.5 Å². The Kier molecular flexibility index (Phi) is 3.03. The fourth-order valence-corrected chi connectivity index (χ4v) is 3.61. The average molecular weight is 272 g/mol. The summed E-state index contributed by atoms with van der Waals surface area (Å²) >= 11 is 0. The molecule has 0 aromatic carbocycles. The van der Waals surface area contributed by atoms with Gasteiger partial charge in [-0.2, -0.15) is 0 Å². The third kappa shape index (κ3) is 2.04. The first-order valence-corrected chi connectivity index (χ1v) is 7.54. The number of fused-ring (bicyclic) bond motifs is 1. The largest absolute Gasteiger partial charge is 0.353 e. The fraction of sp³-hybridized carbons (Fsp3) is 0.643. The van der Waals surface area contributed by atoms with Crippen LogP contribution >= 0.6 is 0 Å². The highest BCUT2D eigenvalue weighted by Gasteiger charge is 2.30. The zero-order valence-electron chi connectivity index (χ0n) is 11.6. The highest BCUT2D eigenvalue weighted by molar-refractivity contribution is 5.63. The van der Waals surface area contributed by atoms with Crippen LogP contribution in [0.25, 0.3) is 5.65 Å². The molecule has 0 aliphatic carbocycles. The van der Waals surface area contributed by atoms with Crippen LogP contribution in [0, 0.1) is 5.92 Å². The molecule has 2 aromatic rings. The Morgan fingerprint density at radius 2 is 2.25 bits per heavy atom. The van der Waals surface area contributed by atoms with Gasteiger partial charge in [0.1, 0.15) is 6.33 Å². The van der Waals surface area contributed by atoms with Crippen LogP contribution in [0.4, 0.5) is 5.82 Å². The van der Waals surface area contributed by atoms with E-state index in [0.717, 1.165) is 30.5 Å². The summed E-state index contributed by atoms with van der Waals surface area (Å²) in [6.07, 6.45) is 10.7. The van der Waals surface area contributed by atoms with Gasteiger partial charge in [-0.15, -0.1) is 10.2 Å². The zero-order valence-corrected chi connectivity index (χ0v) is 11.6. The Balaban J connectivity index is 1.59. The van der Waals surface area contributed by atoms with Crippen molar-refractivity contribution in [3.05, 3.63) is 18.7 Å². The summed E-state index contributed by atoms with van der Waals surface area (Å²) in [6, 6.07) is 0.690. The maximum absolute atomic E-state index is 4.55. The van der Waals surface area contributed by atoms with Crippen LogP contribution in [0.15, 0.2) is 18.7 Å². The number of rotatable bonds is 2. The lowest BCUT2D eigenvalue weighted by Gasteiger charge is -2.36. The first kappa shape index (κ1) is 12.1. The molecule has 0 bridgehead atoms. The monoisotopic (exact) mass is 272 g/mol. The summed E-state index contributed by atoms with van der Waals surface area (Å²) in [6.45, 7) is 3.33. The van der Waals surface area contributed by atoms with Gasteiger partial charge in [0.25, 0.3) is 0 Å². The van der Waals surface area contributed by atoms with E-state index in [2.05, 4.69) is 25.4 Å².